The molecule has 0 aromatic heterocycles. The lowest BCUT2D eigenvalue weighted by Crippen LogP contribution is -2.42. The first-order chi connectivity index (χ1) is 20.4. The summed E-state index contributed by atoms with van der Waals surface area (Å²) in [7, 11) is 0. The third-order valence-corrected chi connectivity index (χ3v) is 8.42. The zero-order valence-corrected chi connectivity index (χ0v) is 28.4. The van der Waals surface area contributed by atoms with Crippen LogP contribution in [0.1, 0.15) is 182 Å². The highest BCUT2D eigenvalue weighted by Crippen LogP contribution is 2.23. The molecule has 1 amide bonds. The van der Waals surface area contributed by atoms with Crippen LogP contribution in [0.3, 0.4) is 0 Å². The Morgan fingerprint density at radius 1 is 0.667 bits per heavy atom. The monoisotopic (exact) mass is 596 g/mol. The standard InChI is InChI=1S/C36H69NO5/c1-5-7-9-11-13-15-17-18-19-20-22-24-26-28-34(38)37(30-33-32-41-36(3,4)42-33)31-35(39)40-29-27-25-23-21-16-14-12-10-8-6-2/h33H,5-32H2,1-4H3. The molecule has 6 nitrogen and oxygen atoms in total. The van der Waals surface area contributed by atoms with Crippen LogP contribution in [0.5, 0.6) is 0 Å². The van der Waals surface area contributed by atoms with E-state index < -0.39 is 5.79 Å². The largest absolute Gasteiger partial charge is 0.464 e. The maximum atomic E-state index is 13.1. The van der Waals surface area contributed by atoms with Crippen LogP contribution in [0.25, 0.3) is 0 Å². The van der Waals surface area contributed by atoms with Gasteiger partial charge in [0.25, 0.3) is 0 Å². The second kappa shape index (κ2) is 26.3. The molecule has 1 aliphatic heterocycles. The Morgan fingerprint density at radius 3 is 1.52 bits per heavy atom. The van der Waals surface area contributed by atoms with Crippen molar-refractivity contribution in [1.29, 1.82) is 0 Å². The summed E-state index contributed by atoms with van der Waals surface area (Å²) in [6.45, 7) is 9.52. The van der Waals surface area contributed by atoms with E-state index in [1.165, 1.54) is 122 Å². The van der Waals surface area contributed by atoms with Gasteiger partial charge < -0.3 is 19.1 Å². The number of esters is 1. The molecular formula is C36H69NO5. The van der Waals surface area contributed by atoms with Gasteiger partial charge in [-0.15, -0.1) is 0 Å². The van der Waals surface area contributed by atoms with Gasteiger partial charge in [0.05, 0.1) is 13.2 Å². The third-order valence-electron chi connectivity index (χ3n) is 8.42. The third kappa shape index (κ3) is 22.4. The number of amides is 1. The Balaban J connectivity index is 2.22. The maximum absolute atomic E-state index is 13.1. The molecule has 1 saturated heterocycles. The fraction of sp³-hybridized carbons (Fsp3) is 0.944. The lowest BCUT2D eigenvalue weighted by Gasteiger charge is -2.25. The van der Waals surface area contributed by atoms with Gasteiger partial charge in [0.1, 0.15) is 12.6 Å². The van der Waals surface area contributed by atoms with Gasteiger partial charge in [-0.25, -0.2) is 0 Å². The van der Waals surface area contributed by atoms with Crippen molar-refractivity contribution in [3.8, 4) is 0 Å². The van der Waals surface area contributed by atoms with Crippen LogP contribution in [-0.2, 0) is 23.8 Å². The molecule has 0 saturated carbocycles. The number of nitrogens with zero attached hydrogens (tertiary/aromatic N) is 1. The molecule has 6 heteroatoms. The van der Waals surface area contributed by atoms with Crippen molar-refractivity contribution in [3.63, 3.8) is 0 Å². The van der Waals surface area contributed by atoms with Gasteiger partial charge in [-0.05, 0) is 26.7 Å². The van der Waals surface area contributed by atoms with Gasteiger partial charge in [-0.1, -0.05) is 149 Å². The molecule has 1 fully saturated rings. The molecule has 42 heavy (non-hydrogen) atoms. The zero-order valence-electron chi connectivity index (χ0n) is 28.4. The summed E-state index contributed by atoms with van der Waals surface area (Å²) < 4.78 is 17.1. The second-order valence-corrected chi connectivity index (χ2v) is 13.1. The number of hydrogen-bond acceptors (Lipinski definition) is 5. The first kappa shape index (κ1) is 38.9. The molecule has 0 bridgehead atoms. The van der Waals surface area contributed by atoms with Crippen molar-refractivity contribution in [3.05, 3.63) is 0 Å². The summed E-state index contributed by atoms with van der Waals surface area (Å²) in [6.07, 6.45) is 29.3. The molecule has 0 aromatic carbocycles. The zero-order chi connectivity index (χ0) is 30.7. The number of unbranched alkanes of at least 4 members (excludes halogenated alkanes) is 21. The van der Waals surface area contributed by atoms with E-state index in [1.807, 2.05) is 13.8 Å². The van der Waals surface area contributed by atoms with Crippen molar-refractivity contribution in [2.45, 2.75) is 194 Å². The van der Waals surface area contributed by atoms with Gasteiger partial charge in [-0.2, -0.15) is 0 Å². The summed E-state index contributed by atoms with van der Waals surface area (Å²) in [5.74, 6) is -0.949. The van der Waals surface area contributed by atoms with Crippen molar-refractivity contribution in [2.24, 2.45) is 0 Å². The summed E-state index contributed by atoms with van der Waals surface area (Å²) >= 11 is 0. The van der Waals surface area contributed by atoms with E-state index in [2.05, 4.69) is 13.8 Å². The van der Waals surface area contributed by atoms with Crippen LogP contribution < -0.4 is 0 Å². The van der Waals surface area contributed by atoms with Gasteiger partial charge in [0.15, 0.2) is 5.79 Å². The van der Waals surface area contributed by atoms with Gasteiger partial charge in [-0.3, -0.25) is 9.59 Å². The lowest BCUT2D eigenvalue weighted by molar-refractivity contribution is -0.154. The molecule has 248 valence electrons. The molecule has 1 aliphatic rings. The Kier molecular flexibility index (Phi) is 24.3. The Morgan fingerprint density at radius 2 is 1.10 bits per heavy atom. The topological polar surface area (TPSA) is 65.1 Å². The maximum Gasteiger partial charge on any atom is 0.325 e. The highest BCUT2D eigenvalue weighted by molar-refractivity contribution is 5.82. The highest BCUT2D eigenvalue weighted by atomic mass is 16.7. The first-order valence-corrected chi connectivity index (χ1v) is 18.1. The normalized spacial score (nSPS) is 16.1. The summed E-state index contributed by atoms with van der Waals surface area (Å²) in [5.41, 5.74) is 0. The number of carbonyl (C=O) groups is 2. The predicted octanol–water partition coefficient (Wildman–Crippen LogP) is 9.91. The van der Waals surface area contributed by atoms with Crippen LogP contribution in [0.4, 0.5) is 0 Å². The second-order valence-electron chi connectivity index (χ2n) is 13.1. The van der Waals surface area contributed by atoms with Crippen LogP contribution >= 0.6 is 0 Å². The van der Waals surface area contributed by atoms with E-state index in [0.29, 0.717) is 26.2 Å². The van der Waals surface area contributed by atoms with Crippen LogP contribution in [0.15, 0.2) is 0 Å². The van der Waals surface area contributed by atoms with Crippen LogP contribution in [0.2, 0.25) is 0 Å². The minimum Gasteiger partial charge on any atom is -0.464 e. The molecule has 0 aliphatic carbocycles. The molecule has 0 N–H and O–H groups in total. The SMILES string of the molecule is CCCCCCCCCCCCCCCC(=O)N(CC(=O)OCCCCCCCCCCCC)CC1COC(C)(C)O1. The Bertz CT molecular complexity index is 653. The molecule has 0 aromatic rings. The van der Waals surface area contributed by atoms with Crippen molar-refractivity contribution in [2.75, 3.05) is 26.3 Å². The van der Waals surface area contributed by atoms with Gasteiger partial charge in [0, 0.05) is 13.0 Å². The van der Waals surface area contributed by atoms with Crippen LogP contribution in [-0.4, -0.2) is 55.0 Å². The molecule has 0 spiro atoms. The number of ether oxygens (including phenoxy) is 3. The van der Waals surface area contributed by atoms with Gasteiger partial charge >= 0.3 is 5.97 Å². The average Bonchev–Trinajstić information content (AvgIpc) is 3.31. The van der Waals surface area contributed by atoms with Crippen LogP contribution in [0, 0.1) is 0 Å². The fourth-order valence-electron chi connectivity index (χ4n) is 5.78. The smallest absolute Gasteiger partial charge is 0.325 e. The van der Waals surface area contributed by atoms with E-state index in [0.717, 1.165) is 25.7 Å². The molecule has 1 unspecified atom stereocenters. The quantitative estimate of drug-likeness (QED) is 0.0636. The molecule has 0 radical (unpaired) electrons. The van der Waals surface area contributed by atoms with Gasteiger partial charge in [0.2, 0.25) is 5.91 Å². The number of carbonyl (C=O) groups excluding carboxylic acids is 2. The first-order valence-electron chi connectivity index (χ1n) is 18.1. The lowest BCUT2D eigenvalue weighted by atomic mass is 10.0. The summed E-state index contributed by atoms with van der Waals surface area (Å²) in [4.78, 5) is 27.4. The molecule has 1 heterocycles. The Labute approximate surface area is 260 Å². The number of rotatable bonds is 29. The molecular weight excluding hydrogens is 526 g/mol. The van der Waals surface area contributed by atoms with E-state index >= 15 is 0 Å². The average molecular weight is 596 g/mol. The Hall–Kier alpha value is -1.14. The van der Waals surface area contributed by atoms with Crippen molar-refractivity contribution >= 4 is 11.9 Å². The molecule has 1 atom stereocenters. The van der Waals surface area contributed by atoms with E-state index in [1.54, 1.807) is 4.90 Å². The number of hydrogen-bond donors (Lipinski definition) is 0. The predicted molar refractivity (Wildman–Crippen MR) is 175 cm³/mol. The summed E-state index contributed by atoms with van der Waals surface area (Å²) in [5, 5.41) is 0. The van der Waals surface area contributed by atoms with Crippen molar-refractivity contribution < 1.29 is 23.8 Å². The van der Waals surface area contributed by atoms with Crippen molar-refractivity contribution in [1.82, 2.24) is 4.90 Å². The highest BCUT2D eigenvalue weighted by Gasteiger charge is 2.35. The summed E-state index contributed by atoms with van der Waals surface area (Å²) in [6, 6.07) is 0. The minimum absolute atomic E-state index is 0.00464. The van der Waals surface area contributed by atoms with E-state index in [4.69, 9.17) is 14.2 Å². The molecule has 1 rings (SSSR count). The fourth-order valence-corrected chi connectivity index (χ4v) is 5.78. The minimum atomic E-state index is -0.648. The van der Waals surface area contributed by atoms with E-state index in [-0.39, 0.29) is 24.5 Å². The van der Waals surface area contributed by atoms with E-state index in [9.17, 15) is 9.59 Å².